The number of amidine groups is 1. The molecule has 0 aromatic heterocycles. The number of hydrogen-bond acceptors (Lipinski definition) is 3. The smallest absolute Gasteiger partial charge is 0.291 e. The van der Waals surface area contributed by atoms with Crippen molar-refractivity contribution in [3.05, 3.63) is 35.6 Å². The minimum atomic E-state index is -0.368. The molecule has 1 amide bonds. The summed E-state index contributed by atoms with van der Waals surface area (Å²) in [6.07, 6.45) is 5.64. The Hall–Kier alpha value is -1.91. The van der Waals surface area contributed by atoms with Crippen molar-refractivity contribution in [3.8, 4) is 0 Å². The van der Waals surface area contributed by atoms with Crippen LogP contribution in [-0.4, -0.2) is 24.6 Å². The molecule has 0 aliphatic heterocycles. The van der Waals surface area contributed by atoms with E-state index in [-0.39, 0.29) is 23.8 Å². The van der Waals surface area contributed by atoms with Gasteiger partial charge in [0, 0.05) is 5.56 Å². The lowest BCUT2D eigenvalue weighted by molar-refractivity contribution is 0.0966. The first kappa shape index (κ1) is 15.5. The highest BCUT2D eigenvalue weighted by Gasteiger charge is 2.16. The van der Waals surface area contributed by atoms with Crippen LogP contribution in [0.5, 0.6) is 0 Å². The van der Waals surface area contributed by atoms with Crippen molar-refractivity contribution in [2.75, 3.05) is 6.61 Å². The second kappa shape index (κ2) is 7.76. The third-order valence-electron chi connectivity index (χ3n) is 3.48. The van der Waals surface area contributed by atoms with Gasteiger partial charge >= 0.3 is 0 Å². The Labute approximate surface area is 124 Å². The van der Waals surface area contributed by atoms with Crippen LogP contribution in [0.3, 0.4) is 0 Å². The van der Waals surface area contributed by atoms with E-state index in [9.17, 15) is 9.18 Å². The second-order valence-corrected chi connectivity index (χ2v) is 5.12. The molecule has 1 N–H and O–H groups in total. The molecule has 0 spiro atoms. The van der Waals surface area contributed by atoms with Crippen LogP contribution >= 0.6 is 0 Å². The van der Waals surface area contributed by atoms with Crippen LogP contribution < -0.4 is 5.32 Å². The number of nitrogens with one attached hydrogen (secondary N) is 1. The summed E-state index contributed by atoms with van der Waals surface area (Å²) in [5.41, 5.74) is 0.382. The number of hydrogen-bond donors (Lipinski definition) is 1. The number of nitrogens with zero attached hydrogens (tertiary/aromatic N) is 1. The summed E-state index contributed by atoms with van der Waals surface area (Å²) < 4.78 is 18.3. The molecule has 0 heterocycles. The average molecular weight is 292 g/mol. The van der Waals surface area contributed by atoms with Crippen LogP contribution in [0.4, 0.5) is 4.39 Å². The molecule has 1 aliphatic rings. The van der Waals surface area contributed by atoms with E-state index >= 15 is 0 Å². The number of amides is 1. The van der Waals surface area contributed by atoms with E-state index in [0.717, 1.165) is 12.8 Å². The first-order valence-electron chi connectivity index (χ1n) is 7.46. The van der Waals surface area contributed by atoms with Gasteiger partial charge in [0.15, 0.2) is 0 Å². The number of halogens is 1. The molecule has 21 heavy (non-hydrogen) atoms. The predicted molar refractivity (Wildman–Crippen MR) is 79.8 cm³/mol. The van der Waals surface area contributed by atoms with Gasteiger partial charge in [-0.1, -0.05) is 19.3 Å². The molecule has 2 rings (SSSR count). The predicted octanol–water partition coefficient (Wildman–Crippen LogP) is 3.28. The molecule has 0 bridgehead atoms. The minimum Gasteiger partial charge on any atom is -0.465 e. The minimum absolute atomic E-state index is 0.216. The summed E-state index contributed by atoms with van der Waals surface area (Å²) in [5, 5.41) is 2.67. The first-order valence-corrected chi connectivity index (χ1v) is 7.46. The average Bonchev–Trinajstić information content (AvgIpc) is 2.49. The Balaban J connectivity index is 2.02. The summed E-state index contributed by atoms with van der Waals surface area (Å²) in [7, 11) is 0. The van der Waals surface area contributed by atoms with Gasteiger partial charge in [-0.15, -0.1) is 0 Å². The van der Waals surface area contributed by atoms with Crippen molar-refractivity contribution < 1.29 is 13.9 Å². The molecule has 1 aliphatic carbocycles. The molecule has 1 saturated carbocycles. The third-order valence-corrected chi connectivity index (χ3v) is 3.48. The van der Waals surface area contributed by atoms with E-state index in [4.69, 9.17) is 4.74 Å². The summed E-state index contributed by atoms with van der Waals surface area (Å²) >= 11 is 0. The fraction of sp³-hybridized carbons (Fsp3) is 0.500. The molecule has 0 radical (unpaired) electrons. The largest absolute Gasteiger partial charge is 0.465 e. The van der Waals surface area contributed by atoms with Crippen LogP contribution in [0.1, 0.15) is 49.4 Å². The van der Waals surface area contributed by atoms with Crippen LogP contribution in [0.25, 0.3) is 0 Å². The molecular weight excluding hydrogens is 271 g/mol. The molecule has 0 atom stereocenters. The van der Waals surface area contributed by atoms with E-state index < -0.39 is 0 Å². The van der Waals surface area contributed by atoms with Gasteiger partial charge in [-0.25, -0.2) is 9.38 Å². The first-order chi connectivity index (χ1) is 10.2. The van der Waals surface area contributed by atoms with Crippen LogP contribution in [-0.2, 0) is 4.74 Å². The summed E-state index contributed by atoms with van der Waals surface area (Å²) in [6, 6.07) is 5.87. The number of ether oxygens (including phenoxy) is 1. The highest BCUT2D eigenvalue weighted by Crippen LogP contribution is 2.20. The SMILES string of the molecule is CCOC(=NC1CCCCC1)NC(=O)c1ccc(F)cc1. The normalized spacial score (nSPS) is 16.6. The zero-order valence-electron chi connectivity index (χ0n) is 12.3. The number of benzene rings is 1. The lowest BCUT2D eigenvalue weighted by Crippen LogP contribution is -2.34. The molecule has 1 fully saturated rings. The molecule has 4 nitrogen and oxygen atoms in total. The van der Waals surface area contributed by atoms with Gasteiger partial charge in [-0.2, -0.15) is 0 Å². The number of carbonyl (C=O) groups excluding carboxylic acids is 1. The molecule has 1 aromatic rings. The van der Waals surface area contributed by atoms with Gasteiger partial charge in [-0.05, 0) is 44.0 Å². The van der Waals surface area contributed by atoms with Crippen LogP contribution in [0.15, 0.2) is 29.3 Å². The second-order valence-electron chi connectivity index (χ2n) is 5.12. The Bertz CT molecular complexity index is 494. The number of carbonyl (C=O) groups is 1. The van der Waals surface area contributed by atoms with Crippen molar-refractivity contribution in [3.63, 3.8) is 0 Å². The van der Waals surface area contributed by atoms with Crippen LogP contribution in [0, 0.1) is 5.82 Å². The van der Waals surface area contributed by atoms with Gasteiger partial charge in [0.2, 0.25) is 0 Å². The topological polar surface area (TPSA) is 50.7 Å². The van der Waals surface area contributed by atoms with E-state index in [1.807, 2.05) is 6.92 Å². The van der Waals surface area contributed by atoms with Gasteiger partial charge in [0.1, 0.15) is 5.82 Å². The maximum absolute atomic E-state index is 12.9. The Morgan fingerprint density at radius 2 is 1.95 bits per heavy atom. The maximum atomic E-state index is 12.9. The summed E-state index contributed by atoms with van der Waals surface area (Å²) in [6.45, 7) is 2.29. The lowest BCUT2D eigenvalue weighted by Gasteiger charge is -2.19. The van der Waals surface area contributed by atoms with Gasteiger partial charge < -0.3 is 4.74 Å². The van der Waals surface area contributed by atoms with Crippen molar-refractivity contribution in [1.29, 1.82) is 0 Å². The van der Waals surface area contributed by atoms with Gasteiger partial charge in [0.05, 0.1) is 12.6 Å². The summed E-state index contributed by atoms with van der Waals surface area (Å²) in [5.74, 6) is -0.703. The molecule has 5 heteroatoms. The van der Waals surface area contributed by atoms with Crippen LogP contribution in [0.2, 0.25) is 0 Å². The summed E-state index contributed by atoms with van der Waals surface area (Å²) in [4.78, 5) is 16.6. The third kappa shape index (κ3) is 4.85. The van der Waals surface area contributed by atoms with E-state index in [1.54, 1.807) is 0 Å². The van der Waals surface area contributed by atoms with Gasteiger partial charge in [-0.3, -0.25) is 10.1 Å². The van der Waals surface area contributed by atoms with E-state index in [1.165, 1.54) is 43.5 Å². The monoisotopic (exact) mass is 292 g/mol. The fourth-order valence-corrected chi connectivity index (χ4v) is 2.39. The van der Waals surface area contributed by atoms with E-state index in [2.05, 4.69) is 10.3 Å². The van der Waals surface area contributed by atoms with Crippen molar-refractivity contribution in [2.45, 2.75) is 45.1 Å². The molecule has 1 aromatic carbocycles. The Morgan fingerprint density at radius 1 is 1.29 bits per heavy atom. The maximum Gasteiger partial charge on any atom is 0.291 e. The lowest BCUT2D eigenvalue weighted by atomic mass is 9.96. The van der Waals surface area contributed by atoms with E-state index in [0.29, 0.717) is 12.2 Å². The number of aliphatic imine (C=N–C) groups is 1. The van der Waals surface area contributed by atoms with Crippen molar-refractivity contribution >= 4 is 11.9 Å². The Morgan fingerprint density at radius 3 is 2.57 bits per heavy atom. The van der Waals surface area contributed by atoms with Crippen molar-refractivity contribution in [2.24, 2.45) is 4.99 Å². The standard InChI is InChI=1S/C16H21FN2O2/c1-2-21-16(18-14-6-4-3-5-7-14)19-15(20)12-8-10-13(17)11-9-12/h8-11,14H,2-7H2,1H3,(H,18,19,20). The highest BCUT2D eigenvalue weighted by molar-refractivity contribution is 6.04. The molecule has 0 unspecified atom stereocenters. The zero-order valence-corrected chi connectivity index (χ0v) is 12.3. The van der Waals surface area contributed by atoms with Crippen molar-refractivity contribution in [1.82, 2.24) is 5.32 Å². The molecular formula is C16H21FN2O2. The molecule has 114 valence electrons. The fourth-order valence-electron chi connectivity index (χ4n) is 2.39. The van der Waals surface area contributed by atoms with Gasteiger partial charge in [0.25, 0.3) is 11.9 Å². The number of rotatable bonds is 3. The quantitative estimate of drug-likeness (QED) is 0.686. The molecule has 0 saturated heterocycles. The Kier molecular flexibility index (Phi) is 5.72. The zero-order chi connectivity index (χ0) is 15.1. The highest BCUT2D eigenvalue weighted by atomic mass is 19.1.